The lowest BCUT2D eigenvalue weighted by Gasteiger charge is -2.38. The van der Waals surface area contributed by atoms with Crippen LogP contribution in [0.1, 0.15) is 34.6 Å². The molecule has 4 rings (SSSR count). The number of fused-ring (bicyclic) bond motifs is 1. The Labute approximate surface area is 164 Å². The zero-order chi connectivity index (χ0) is 19.7. The number of hydrogen-bond donors (Lipinski definition) is 2. The summed E-state index contributed by atoms with van der Waals surface area (Å²) in [7, 11) is 0. The van der Waals surface area contributed by atoms with Gasteiger partial charge in [0.1, 0.15) is 6.17 Å². The Morgan fingerprint density at radius 1 is 0.964 bits per heavy atom. The highest BCUT2D eigenvalue weighted by Gasteiger charge is 2.33. The van der Waals surface area contributed by atoms with Gasteiger partial charge in [0.15, 0.2) is 0 Å². The molecule has 0 saturated carbocycles. The van der Waals surface area contributed by atoms with E-state index in [1.165, 1.54) is 6.92 Å². The fraction of sp³-hybridized carbons (Fsp3) is 0.130. The first-order chi connectivity index (χ1) is 13.5. The van der Waals surface area contributed by atoms with Gasteiger partial charge in [0.05, 0.1) is 5.56 Å². The quantitative estimate of drug-likeness (QED) is 0.700. The van der Waals surface area contributed by atoms with E-state index in [0.717, 1.165) is 28.2 Å². The lowest BCUT2D eigenvalue weighted by molar-refractivity contribution is -0.114. The summed E-state index contributed by atoms with van der Waals surface area (Å²) in [4.78, 5) is 26.4. The molecule has 1 aliphatic rings. The third-order valence-electron chi connectivity index (χ3n) is 4.79. The maximum atomic E-state index is 13.3. The van der Waals surface area contributed by atoms with Crippen molar-refractivity contribution < 1.29 is 9.59 Å². The molecule has 2 N–H and O–H groups in total. The molecule has 0 saturated heterocycles. The number of amides is 2. The van der Waals surface area contributed by atoms with E-state index in [-0.39, 0.29) is 18.0 Å². The van der Waals surface area contributed by atoms with Crippen molar-refractivity contribution >= 4 is 28.9 Å². The average Bonchev–Trinajstić information content (AvgIpc) is 2.69. The SMILES string of the molecule is CC(=O)Nc1ccc([C@@H]2Nc3ccccc3C(=O)N2c2ccc(C)cc2)cc1. The molecule has 0 unspecified atom stereocenters. The number of anilines is 3. The standard InChI is InChI=1S/C23H21N3O2/c1-15-7-13-19(14-8-15)26-22(17-9-11-18(12-10-17)24-16(2)27)25-21-6-4-3-5-20(21)23(26)28/h3-14,22,25H,1-2H3,(H,24,27)/t22-/m1/s1. The molecule has 5 heteroatoms. The van der Waals surface area contributed by atoms with Crippen molar-refractivity contribution in [1.82, 2.24) is 0 Å². The van der Waals surface area contributed by atoms with Crippen LogP contribution >= 0.6 is 0 Å². The molecule has 28 heavy (non-hydrogen) atoms. The lowest BCUT2D eigenvalue weighted by atomic mass is 10.0. The van der Waals surface area contributed by atoms with Crippen molar-refractivity contribution in [1.29, 1.82) is 0 Å². The van der Waals surface area contributed by atoms with Gasteiger partial charge in [-0.1, -0.05) is 42.0 Å². The molecule has 5 nitrogen and oxygen atoms in total. The van der Waals surface area contributed by atoms with Crippen molar-refractivity contribution in [2.75, 3.05) is 15.5 Å². The molecule has 2 amide bonds. The zero-order valence-electron chi connectivity index (χ0n) is 15.8. The zero-order valence-corrected chi connectivity index (χ0v) is 15.8. The topological polar surface area (TPSA) is 61.4 Å². The van der Waals surface area contributed by atoms with E-state index in [0.29, 0.717) is 5.56 Å². The second-order valence-corrected chi connectivity index (χ2v) is 6.91. The van der Waals surface area contributed by atoms with Crippen LogP contribution in [0.3, 0.4) is 0 Å². The number of hydrogen-bond acceptors (Lipinski definition) is 3. The van der Waals surface area contributed by atoms with E-state index in [1.807, 2.05) is 79.7 Å². The molecule has 1 heterocycles. The summed E-state index contributed by atoms with van der Waals surface area (Å²) in [6.45, 7) is 3.50. The van der Waals surface area contributed by atoms with Gasteiger partial charge in [-0.2, -0.15) is 0 Å². The van der Waals surface area contributed by atoms with Crippen molar-refractivity contribution in [2.24, 2.45) is 0 Å². The first kappa shape index (κ1) is 17.8. The molecule has 0 fully saturated rings. The number of carbonyl (C=O) groups is 2. The summed E-state index contributed by atoms with van der Waals surface area (Å²) in [6, 6.07) is 23.0. The van der Waals surface area contributed by atoms with Gasteiger partial charge < -0.3 is 10.6 Å². The first-order valence-corrected chi connectivity index (χ1v) is 9.16. The van der Waals surface area contributed by atoms with Gasteiger partial charge >= 0.3 is 0 Å². The monoisotopic (exact) mass is 371 g/mol. The Bertz CT molecular complexity index is 1030. The molecule has 0 bridgehead atoms. The number of nitrogens with zero attached hydrogens (tertiary/aromatic N) is 1. The largest absolute Gasteiger partial charge is 0.360 e. The average molecular weight is 371 g/mol. The summed E-state index contributed by atoms with van der Waals surface area (Å²) in [5, 5.41) is 6.25. The fourth-order valence-electron chi connectivity index (χ4n) is 3.41. The molecule has 140 valence electrons. The summed E-state index contributed by atoms with van der Waals surface area (Å²) >= 11 is 0. The molecule has 0 spiro atoms. The third-order valence-corrected chi connectivity index (χ3v) is 4.79. The van der Waals surface area contributed by atoms with Gasteiger partial charge in [-0.25, -0.2) is 0 Å². The number of carbonyl (C=O) groups excluding carboxylic acids is 2. The van der Waals surface area contributed by atoms with E-state index < -0.39 is 0 Å². The second kappa shape index (κ2) is 7.19. The van der Waals surface area contributed by atoms with Gasteiger partial charge in [-0.3, -0.25) is 14.5 Å². The number of nitrogens with one attached hydrogen (secondary N) is 2. The maximum absolute atomic E-state index is 13.3. The van der Waals surface area contributed by atoms with E-state index in [4.69, 9.17) is 0 Å². The molecule has 0 aliphatic carbocycles. The number of para-hydroxylation sites is 1. The predicted molar refractivity (Wildman–Crippen MR) is 112 cm³/mol. The van der Waals surface area contributed by atoms with Crippen LogP contribution in [0.4, 0.5) is 17.1 Å². The van der Waals surface area contributed by atoms with Gasteiger partial charge in [0.2, 0.25) is 5.91 Å². The summed E-state index contributed by atoms with van der Waals surface area (Å²) < 4.78 is 0. The number of aryl methyl sites for hydroxylation is 1. The van der Waals surface area contributed by atoms with E-state index in [2.05, 4.69) is 10.6 Å². The molecule has 0 radical (unpaired) electrons. The first-order valence-electron chi connectivity index (χ1n) is 9.16. The Kier molecular flexibility index (Phi) is 4.57. The van der Waals surface area contributed by atoms with E-state index in [1.54, 1.807) is 4.90 Å². The van der Waals surface area contributed by atoms with Gasteiger partial charge in [-0.05, 0) is 48.9 Å². The van der Waals surface area contributed by atoms with Crippen LogP contribution < -0.4 is 15.5 Å². The molecular formula is C23H21N3O2. The Hall–Kier alpha value is -3.60. The highest BCUT2D eigenvalue weighted by molar-refractivity contribution is 6.12. The lowest BCUT2D eigenvalue weighted by Crippen LogP contribution is -2.43. The Morgan fingerprint density at radius 2 is 1.64 bits per heavy atom. The Balaban J connectivity index is 1.77. The molecule has 3 aromatic carbocycles. The minimum atomic E-state index is -0.350. The number of benzene rings is 3. The van der Waals surface area contributed by atoms with Crippen molar-refractivity contribution in [3.05, 3.63) is 89.5 Å². The van der Waals surface area contributed by atoms with E-state index in [9.17, 15) is 9.59 Å². The predicted octanol–water partition coefficient (Wildman–Crippen LogP) is 4.72. The van der Waals surface area contributed by atoms with Crippen LogP contribution in [0.2, 0.25) is 0 Å². The highest BCUT2D eigenvalue weighted by atomic mass is 16.2. The van der Waals surface area contributed by atoms with Crippen molar-refractivity contribution in [3.63, 3.8) is 0 Å². The van der Waals surface area contributed by atoms with Gasteiger partial charge in [-0.15, -0.1) is 0 Å². The van der Waals surface area contributed by atoms with Crippen LogP contribution in [0.5, 0.6) is 0 Å². The minimum Gasteiger partial charge on any atom is -0.360 e. The summed E-state index contributed by atoms with van der Waals surface area (Å²) in [6.07, 6.45) is -0.350. The van der Waals surface area contributed by atoms with Crippen molar-refractivity contribution in [3.8, 4) is 0 Å². The van der Waals surface area contributed by atoms with Gasteiger partial charge in [0.25, 0.3) is 5.91 Å². The van der Waals surface area contributed by atoms with Crippen LogP contribution in [0.15, 0.2) is 72.8 Å². The summed E-state index contributed by atoms with van der Waals surface area (Å²) in [5.41, 5.74) is 5.07. The highest BCUT2D eigenvalue weighted by Crippen LogP contribution is 2.36. The molecular weight excluding hydrogens is 350 g/mol. The minimum absolute atomic E-state index is 0.0471. The van der Waals surface area contributed by atoms with Crippen LogP contribution in [-0.4, -0.2) is 11.8 Å². The fourth-order valence-corrected chi connectivity index (χ4v) is 3.41. The maximum Gasteiger partial charge on any atom is 0.262 e. The normalized spacial score (nSPS) is 15.6. The van der Waals surface area contributed by atoms with Crippen molar-refractivity contribution in [2.45, 2.75) is 20.0 Å². The second-order valence-electron chi connectivity index (χ2n) is 6.91. The van der Waals surface area contributed by atoms with E-state index >= 15 is 0 Å². The molecule has 3 aromatic rings. The number of rotatable bonds is 3. The molecule has 1 aliphatic heterocycles. The smallest absolute Gasteiger partial charge is 0.262 e. The summed E-state index contributed by atoms with van der Waals surface area (Å²) in [5.74, 6) is -0.164. The van der Waals surface area contributed by atoms with Crippen LogP contribution in [-0.2, 0) is 4.79 Å². The Morgan fingerprint density at radius 3 is 2.32 bits per heavy atom. The van der Waals surface area contributed by atoms with Crippen LogP contribution in [0, 0.1) is 6.92 Å². The third kappa shape index (κ3) is 3.34. The molecule has 1 atom stereocenters. The van der Waals surface area contributed by atoms with Gasteiger partial charge in [0, 0.05) is 24.0 Å². The molecule has 0 aromatic heterocycles. The van der Waals surface area contributed by atoms with Crippen LogP contribution in [0.25, 0.3) is 0 Å².